The molecule has 0 aliphatic rings. The van der Waals surface area contributed by atoms with E-state index >= 15 is 0 Å². The predicted molar refractivity (Wildman–Crippen MR) is 34.8 cm³/mol. The van der Waals surface area contributed by atoms with E-state index < -0.39 is 0 Å². The molecule has 1 aromatic carbocycles. The fourth-order valence-corrected chi connectivity index (χ4v) is 0.736. The molecule has 1 rings (SSSR count). The van der Waals surface area contributed by atoms with Gasteiger partial charge in [0.15, 0.2) is 0 Å². The Balaban J connectivity index is 0. The third kappa shape index (κ3) is 4.03. The van der Waals surface area contributed by atoms with Gasteiger partial charge in [0.2, 0.25) is 0 Å². The number of hydrogen-bond donors (Lipinski definition) is 0. The zero-order valence-corrected chi connectivity index (χ0v) is 10.0. The Morgan fingerprint density at radius 3 is 2.20 bits per heavy atom. The summed E-state index contributed by atoms with van der Waals surface area (Å²) in [5.41, 5.74) is 2.52. The van der Waals surface area contributed by atoms with E-state index in [4.69, 9.17) is 0 Å². The van der Waals surface area contributed by atoms with Crippen molar-refractivity contribution in [3.63, 3.8) is 0 Å². The number of rotatable bonds is 0. The predicted octanol–water partition coefficient (Wildman–Crippen LogP) is -0.895. The first-order chi connectivity index (χ1) is 3.79. The van der Waals surface area contributed by atoms with Crippen LogP contribution in [0.25, 0.3) is 0 Å². The summed E-state index contributed by atoms with van der Waals surface area (Å²) in [6, 6.07) is 9.18. The van der Waals surface area contributed by atoms with E-state index in [-0.39, 0.29) is 31.9 Å². The van der Waals surface area contributed by atoms with Gasteiger partial charge in [0.1, 0.15) is 0 Å². The molecule has 1 aromatic rings. The van der Waals surface area contributed by atoms with Crippen molar-refractivity contribution in [2.24, 2.45) is 0 Å². The molecule has 0 fully saturated rings. The molecule has 0 amide bonds. The molecule has 0 spiro atoms. The summed E-state index contributed by atoms with van der Waals surface area (Å²) in [7, 11) is 0. The van der Waals surface area contributed by atoms with E-state index in [1.165, 1.54) is 11.1 Å². The Hall–Kier alpha value is 0.133. The summed E-state index contributed by atoms with van der Waals surface area (Å²) in [5, 5.41) is 0. The van der Waals surface area contributed by atoms with Gasteiger partial charge in [0.05, 0.1) is 0 Å². The summed E-state index contributed by atoms with van der Waals surface area (Å²) in [5.74, 6) is 0. The van der Waals surface area contributed by atoms with Gasteiger partial charge in [-0.3, -0.25) is 0 Å². The molecule has 0 aliphatic carbocycles. The third-order valence-electron chi connectivity index (χ3n) is 1.10. The fraction of sp³-hybridized carbons (Fsp3) is 0.250. The van der Waals surface area contributed by atoms with Crippen LogP contribution in [0.15, 0.2) is 18.2 Å². The quantitative estimate of drug-likeness (QED) is 0.483. The van der Waals surface area contributed by atoms with Crippen LogP contribution in [0, 0.1) is 19.9 Å². The number of benzene rings is 1. The minimum Gasteiger partial charge on any atom is -1.00 e. The maximum Gasteiger partial charge on any atom is 0 e. The molecular weight excluding hydrogens is 197 g/mol. The van der Waals surface area contributed by atoms with Crippen molar-refractivity contribution >= 4 is 0 Å². The molecule has 0 unspecified atom stereocenters. The van der Waals surface area contributed by atoms with E-state index in [0.717, 1.165) is 0 Å². The van der Waals surface area contributed by atoms with E-state index in [1.807, 2.05) is 19.1 Å². The van der Waals surface area contributed by atoms with Gasteiger partial charge in [0.25, 0.3) is 0 Å². The second kappa shape index (κ2) is 5.88. The van der Waals surface area contributed by atoms with Gasteiger partial charge in [0, 0.05) is 19.5 Å². The van der Waals surface area contributed by atoms with Gasteiger partial charge in [-0.25, -0.2) is 0 Å². The molecule has 0 saturated carbocycles. The third-order valence-corrected chi connectivity index (χ3v) is 1.10. The van der Waals surface area contributed by atoms with Crippen LogP contribution in [-0.2, 0) is 19.5 Å². The van der Waals surface area contributed by atoms with Crippen molar-refractivity contribution in [2.45, 2.75) is 13.8 Å². The second-order valence-corrected chi connectivity index (χ2v) is 2.05. The van der Waals surface area contributed by atoms with Crippen LogP contribution < -0.4 is 12.4 Å². The van der Waals surface area contributed by atoms with Crippen LogP contribution in [-0.4, -0.2) is 0 Å². The molecule has 0 nitrogen and oxygen atoms in total. The SMILES string of the molecule is Cc1[c]ccc(C)c1.[Cl-].[Zn]. The molecule has 0 bridgehead atoms. The van der Waals surface area contributed by atoms with Crippen LogP contribution >= 0.6 is 0 Å². The van der Waals surface area contributed by atoms with Crippen molar-refractivity contribution in [3.8, 4) is 0 Å². The molecule has 0 aliphatic heterocycles. The normalized spacial score (nSPS) is 7.40. The molecule has 2 heteroatoms. The number of halogens is 1. The first-order valence-electron chi connectivity index (χ1n) is 2.74. The summed E-state index contributed by atoms with van der Waals surface area (Å²) in [6.07, 6.45) is 0. The molecule has 0 aromatic heterocycles. The molecule has 0 saturated heterocycles. The van der Waals surface area contributed by atoms with Crippen LogP contribution in [0.1, 0.15) is 11.1 Å². The maximum absolute atomic E-state index is 3.07. The Labute approximate surface area is 81.2 Å². The van der Waals surface area contributed by atoms with Gasteiger partial charge >= 0.3 is 0 Å². The summed E-state index contributed by atoms with van der Waals surface area (Å²) < 4.78 is 0. The summed E-state index contributed by atoms with van der Waals surface area (Å²) in [4.78, 5) is 0. The summed E-state index contributed by atoms with van der Waals surface area (Å²) in [6.45, 7) is 4.13. The molecule has 10 heavy (non-hydrogen) atoms. The topological polar surface area (TPSA) is 0 Å². The molecule has 1 radical (unpaired) electrons. The largest absolute Gasteiger partial charge is 1.00 e. The van der Waals surface area contributed by atoms with E-state index in [2.05, 4.69) is 19.1 Å². The van der Waals surface area contributed by atoms with Crippen molar-refractivity contribution < 1.29 is 31.9 Å². The Kier molecular flexibility index (Phi) is 7.52. The van der Waals surface area contributed by atoms with Gasteiger partial charge in [-0.2, -0.15) is 0 Å². The number of aryl methyl sites for hydroxylation is 2. The van der Waals surface area contributed by atoms with Crippen molar-refractivity contribution in [2.75, 3.05) is 0 Å². The molecule has 0 atom stereocenters. The average molecular weight is 206 g/mol. The van der Waals surface area contributed by atoms with Gasteiger partial charge in [-0.1, -0.05) is 23.8 Å². The van der Waals surface area contributed by atoms with Gasteiger partial charge in [-0.05, 0) is 25.5 Å². The van der Waals surface area contributed by atoms with E-state index in [9.17, 15) is 0 Å². The van der Waals surface area contributed by atoms with Crippen molar-refractivity contribution in [3.05, 3.63) is 35.4 Å². The van der Waals surface area contributed by atoms with E-state index in [0.29, 0.717) is 0 Å². The minimum atomic E-state index is 0. The number of hydrogen-bond acceptors (Lipinski definition) is 0. The molecule has 0 heterocycles. The van der Waals surface area contributed by atoms with Crippen molar-refractivity contribution in [1.82, 2.24) is 0 Å². The van der Waals surface area contributed by atoms with Crippen LogP contribution in [0.4, 0.5) is 0 Å². The Morgan fingerprint density at radius 2 is 1.90 bits per heavy atom. The Bertz CT molecular complexity index is 169. The van der Waals surface area contributed by atoms with Crippen molar-refractivity contribution in [1.29, 1.82) is 0 Å². The average Bonchev–Trinajstić information content (AvgIpc) is 1.64. The van der Waals surface area contributed by atoms with E-state index in [1.54, 1.807) is 0 Å². The fourth-order valence-electron chi connectivity index (χ4n) is 0.736. The molecule has 0 N–H and O–H groups in total. The summed E-state index contributed by atoms with van der Waals surface area (Å²) >= 11 is 0. The first-order valence-corrected chi connectivity index (χ1v) is 2.74. The van der Waals surface area contributed by atoms with Crippen LogP contribution in [0.2, 0.25) is 0 Å². The van der Waals surface area contributed by atoms with Crippen LogP contribution in [0.3, 0.4) is 0 Å². The maximum atomic E-state index is 3.07. The zero-order valence-electron chi connectivity index (χ0n) is 6.32. The van der Waals surface area contributed by atoms with Gasteiger partial charge in [-0.15, -0.1) is 0 Å². The Morgan fingerprint density at radius 1 is 1.30 bits per heavy atom. The molecular formula is C8H9ClZn-. The monoisotopic (exact) mass is 204 g/mol. The second-order valence-electron chi connectivity index (χ2n) is 2.05. The first kappa shape index (κ1) is 12.8. The van der Waals surface area contributed by atoms with Crippen LogP contribution in [0.5, 0.6) is 0 Å². The smallest absolute Gasteiger partial charge is 0 e. The van der Waals surface area contributed by atoms with Gasteiger partial charge < -0.3 is 12.4 Å². The standard InChI is InChI=1S/C8H9.ClH.Zn/c1-7-4-3-5-8(2)6-7;;/h3-4,6H,1-2H3;1H;/p-1. The minimum absolute atomic E-state index is 0. The zero-order chi connectivity index (χ0) is 5.98. The molecule has 51 valence electrons.